The maximum atomic E-state index is 14.6. The molecule has 2 atom stereocenters. The highest BCUT2D eigenvalue weighted by Crippen LogP contribution is 2.39. The van der Waals surface area contributed by atoms with E-state index in [1.54, 1.807) is 42.1 Å². The predicted octanol–water partition coefficient (Wildman–Crippen LogP) is 2.62. The number of rotatable bonds is 5. The van der Waals surface area contributed by atoms with E-state index in [-0.39, 0.29) is 30.1 Å². The van der Waals surface area contributed by atoms with Crippen molar-refractivity contribution in [3.63, 3.8) is 0 Å². The number of nitrogens with zero attached hydrogens (tertiary/aromatic N) is 2. The standard InChI is InChI=1S/C25H28FN3O3/c1-28(2)24(32)25(13-14-29(16-25)23(31)21-11-12-22(30)27-21)15-17-7-3-4-8-18(17)19-9-5-6-10-20(19)26/h3-10,21H,11-16H2,1-2H3,(H,27,30)/t21-,25-/m1/s1. The van der Waals surface area contributed by atoms with E-state index in [1.807, 2.05) is 24.3 Å². The van der Waals surface area contributed by atoms with Crippen molar-refractivity contribution < 1.29 is 18.8 Å². The first-order valence-corrected chi connectivity index (χ1v) is 10.9. The molecule has 0 bridgehead atoms. The summed E-state index contributed by atoms with van der Waals surface area (Å²) in [6.45, 7) is 0.730. The van der Waals surface area contributed by atoms with E-state index >= 15 is 0 Å². The second-order valence-electron chi connectivity index (χ2n) is 8.96. The monoisotopic (exact) mass is 437 g/mol. The third-order valence-corrected chi connectivity index (χ3v) is 6.53. The molecule has 0 aliphatic carbocycles. The topological polar surface area (TPSA) is 69.7 Å². The minimum Gasteiger partial charge on any atom is -0.348 e. The van der Waals surface area contributed by atoms with Crippen LogP contribution >= 0.6 is 0 Å². The Balaban J connectivity index is 1.65. The Morgan fingerprint density at radius 2 is 1.81 bits per heavy atom. The summed E-state index contributed by atoms with van der Waals surface area (Å²) in [6.07, 6.45) is 1.75. The number of nitrogens with one attached hydrogen (secondary N) is 1. The van der Waals surface area contributed by atoms with E-state index in [1.165, 1.54) is 6.07 Å². The van der Waals surface area contributed by atoms with Gasteiger partial charge < -0.3 is 15.1 Å². The number of likely N-dealkylation sites (tertiary alicyclic amines) is 1. The van der Waals surface area contributed by atoms with Gasteiger partial charge in [-0.05, 0) is 36.5 Å². The zero-order valence-electron chi connectivity index (χ0n) is 18.4. The summed E-state index contributed by atoms with van der Waals surface area (Å²) in [5, 5.41) is 2.73. The molecule has 1 N–H and O–H groups in total. The zero-order chi connectivity index (χ0) is 22.9. The van der Waals surface area contributed by atoms with E-state index in [0.29, 0.717) is 37.8 Å². The van der Waals surface area contributed by atoms with Gasteiger partial charge in [0.2, 0.25) is 17.7 Å². The van der Waals surface area contributed by atoms with Crippen LogP contribution in [-0.4, -0.2) is 60.7 Å². The fourth-order valence-corrected chi connectivity index (χ4v) is 4.93. The van der Waals surface area contributed by atoms with Gasteiger partial charge in [-0.1, -0.05) is 42.5 Å². The number of carbonyl (C=O) groups is 3. The molecule has 2 saturated heterocycles. The second kappa shape index (κ2) is 8.73. The van der Waals surface area contributed by atoms with E-state index < -0.39 is 11.5 Å². The number of hydrogen-bond acceptors (Lipinski definition) is 3. The van der Waals surface area contributed by atoms with Crippen molar-refractivity contribution in [2.45, 2.75) is 31.7 Å². The van der Waals surface area contributed by atoms with E-state index in [0.717, 1.165) is 11.1 Å². The van der Waals surface area contributed by atoms with Crippen molar-refractivity contribution in [2.24, 2.45) is 5.41 Å². The van der Waals surface area contributed by atoms with Crippen LogP contribution in [0.15, 0.2) is 48.5 Å². The van der Waals surface area contributed by atoms with E-state index in [9.17, 15) is 18.8 Å². The SMILES string of the molecule is CN(C)C(=O)[C@@]1(Cc2ccccc2-c2ccccc2F)CCN(C(=O)[C@H]2CCC(=O)N2)C1. The average molecular weight is 438 g/mol. The third kappa shape index (κ3) is 4.11. The molecule has 0 aromatic heterocycles. The summed E-state index contributed by atoms with van der Waals surface area (Å²) in [7, 11) is 3.43. The molecule has 2 aromatic rings. The van der Waals surface area contributed by atoms with E-state index in [4.69, 9.17) is 0 Å². The molecule has 2 aromatic carbocycles. The van der Waals surface area contributed by atoms with Crippen LogP contribution in [0.2, 0.25) is 0 Å². The molecular weight excluding hydrogens is 409 g/mol. The maximum absolute atomic E-state index is 14.6. The van der Waals surface area contributed by atoms with Crippen molar-refractivity contribution in [1.29, 1.82) is 0 Å². The molecule has 2 aliphatic rings. The Morgan fingerprint density at radius 1 is 1.12 bits per heavy atom. The number of carbonyl (C=O) groups excluding carboxylic acids is 3. The van der Waals surface area contributed by atoms with Crippen molar-refractivity contribution in [2.75, 3.05) is 27.2 Å². The van der Waals surface area contributed by atoms with Crippen molar-refractivity contribution in [3.8, 4) is 11.1 Å². The number of halogens is 1. The Labute approximate surface area is 187 Å². The molecule has 6 nitrogen and oxygen atoms in total. The molecule has 168 valence electrons. The van der Waals surface area contributed by atoms with Crippen LogP contribution in [0.25, 0.3) is 11.1 Å². The quantitative estimate of drug-likeness (QED) is 0.782. The molecule has 2 heterocycles. The summed E-state index contributed by atoms with van der Waals surface area (Å²) in [6, 6.07) is 13.6. The van der Waals surface area contributed by atoms with Crippen molar-refractivity contribution in [1.82, 2.24) is 15.1 Å². The largest absolute Gasteiger partial charge is 0.348 e. The predicted molar refractivity (Wildman–Crippen MR) is 119 cm³/mol. The summed E-state index contributed by atoms with van der Waals surface area (Å²) in [4.78, 5) is 41.2. The highest BCUT2D eigenvalue weighted by molar-refractivity contribution is 5.92. The number of hydrogen-bond donors (Lipinski definition) is 1. The highest BCUT2D eigenvalue weighted by Gasteiger charge is 2.48. The molecule has 0 spiro atoms. The average Bonchev–Trinajstić information content (AvgIpc) is 3.41. The van der Waals surface area contributed by atoms with Gasteiger partial charge in [-0.3, -0.25) is 14.4 Å². The Hall–Kier alpha value is -3.22. The van der Waals surface area contributed by atoms with Crippen LogP contribution in [0.5, 0.6) is 0 Å². The molecule has 7 heteroatoms. The van der Waals surface area contributed by atoms with E-state index in [2.05, 4.69) is 5.32 Å². The molecule has 0 radical (unpaired) electrons. The Kier molecular flexibility index (Phi) is 6.00. The Morgan fingerprint density at radius 3 is 2.47 bits per heavy atom. The van der Waals surface area contributed by atoms with Gasteiger partial charge in [0, 0.05) is 39.2 Å². The van der Waals surface area contributed by atoms with Gasteiger partial charge in [0.1, 0.15) is 11.9 Å². The minimum absolute atomic E-state index is 0.0494. The fourth-order valence-electron chi connectivity index (χ4n) is 4.93. The lowest BCUT2D eigenvalue weighted by atomic mass is 9.77. The summed E-state index contributed by atoms with van der Waals surface area (Å²) in [5.41, 5.74) is 1.32. The molecule has 3 amide bonds. The lowest BCUT2D eigenvalue weighted by Crippen LogP contribution is -2.47. The van der Waals surface area contributed by atoms with Gasteiger partial charge in [-0.25, -0.2) is 4.39 Å². The first-order valence-electron chi connectivity index (χ1n) is 10.9. The van der Waals surface area contributed by atoms with Crippen LogP contribution in [0.3, 0.4) is 0 Å². The normalized spacial score (nSPS) is 22.7. The van der Waals surface area contributed by atoms with Crippen molar-refractivity contribution >= 4 is 17.7 Å². The van der Waals surface area contributed by atoms with Crippen LogP contribution in [0, 0.1) is 11.2 Å². The van der Waals surface area contributed by atoms with Gasteiger partial charge in [0.15, 0.2) is 0 Å². The molecule has 0 unspecified atom stereocenters. The lowest BCUT2D eigenvalue weighted by molar-refractivity contribution is -0.140. The van der Waals surface area contributed by atoms with Gasteiger partial charge in [-0.2, -0.15) is 0 Å². The van der Waals surface area contributed by atoms with Gasteiger partial charge >= 0.3 is 0 Å². The highest BCUT2D eigenvalue weighted by atomic mass is 19.1. The van der Waals surface area contributed by atoms with Crippen LogP contribution in [-0.2, 0) is 20.8 Å². The van der Waals surface area contributed by atoms with Crippen LogP contribution in [0.1, 0.15) is 24.8 Å². The third-order valence-electron chi connectivity index (χ3n) is 6.53. The lowest BCUT2D eigenvalue weighted by Gasteiger charge is -2.32. The smallest absolute Gasteiger partial charge is 0.245 e. The first kappa shape index (κ1) is 22.0. The molecule has 2 fully saturated rings. The Bertz CT molecular complexity index is 1050. The molecular formula is C25H28FN3O3. The summed E-state index contributed by atoms with van der Waals surface area (Å²) in [5.74, 6) is -0.608. The number of amides is 3. The summed E-state index contributed by atoms with van der Waals surface area (Å²) < 4.78 is 14.6. The minimum atomic E-state index is -0.802. The maximum Gasteiger partial charge on any atom is 0.245 e. The van der Waals surface area contributed by atoms with Crippen LogP contribution in [0.4, 0.5) is 4.39 Å². The molecule has 0 saturated carbocycles. The summed E-state index contributed by atoms with van der Waals surface area (Å²) >= 11 is 0. The molecule has 4 rings (SSSR count). The van der Waals surface area contributed by atoms with Gasteiger partial charge in [-0.15, -0.1) is 0 Å². The van der Waals surface area contributed by atoms with Crippen molar-refractivity contribution in [3.05, 3.63) is 59.9 Å². The second-order valence-corrected chi connectivity index (χ2v) is 8.96. The molecule has 2 aliphatic heterocycles. The van der Waals surface area contributed by atoms with Gasteiger partial charge in [0.05, 0.1) is 5.41 Å². The van der Waals surface area contributed by atoms with Gasteiger partial charge in [0.25, 0.3) is 0 Å². The number of benzene rings is 2. The zero-order valence-corrected chi connectivity index (χ0v) is 18.4. The fraction of sp³-hybridized carbons (Fsp3) is 0.400. The molecule has 32 heavy (non-hydrogen) atoms. The first-order chi connectivity index (χ1) is 15.3. The van der Waals surface area contributed by atoms with Crippen LogP contribution < -0.4 is 5.32 Å².